The van der Waals surface area contributed by atoms with Crippen LogP contribution < -0.4 is 10.2 Å². The highest BCUT2D eigenvalue weighted by Crippen LogP contribution is 2.15. The van der Waals surface area contributed by atoms with E-state index in [0.717, 1.165) is 31.6 Å². The lowest BCUT2D eigenvalue weighted by Crippen LogP contribution is -2.27. The number of amides is 1. The Morgan fingerprint density at radius 1 is 1.47 bits per heavy atom. The molecule has 4 heteroatoms. The molecule has 1 atom stereocenters. The maximum atomic E-state index is 12.0. The van der Waals surface area contributed by atoms with E-state index in [9.17, 15) is 4.79 Å². The van der Waals surface area contributed by atoms with E-state index in [-0.39, 0.29) is 5.91 Å². The van der Waals surface area contributed by atoms with Crippen molar-refractivity contribution in [3.05, 3.63) is 29.8 Å². The van der Waals surface area contributed by atoms with Crippen LogP contribution in [0.3, 0.4) is 0 Å². The zero-order valence-corrected chi connectivity index (χ0v) is 11.7. The Labute approximate surface area is 114 Å². The van der Waals surface area contributed by atoms with E-state index in [4.69, 9.17) is 4.74 Å². The molecule has 1 aliphatic rings. The van der Waals surface area contributed by atoms with Gasteiger partial charge in [-0.15, -0.1) is 0 Å². The van der Waals surface area contributed by atoms with Crippen molar-refractivity contribution in [1.29, 1.82) is 0 Å². The minimum absolute atomic E-state index is 0.0123. The van der Waals surface area contributed by atoms with Crippen LogP contribution in [0.5, 0.6) is 0 Å². The predicted octanol–water partition coefficient (Wildman–Crippen LogP) is 2.05. The average molecular weight is 262 g/mol. The molecule has 0 saturated carbocycles. The van der Waals surface area contributed by atoms with Gasteiger partial charge in [0, 0.05) is 38.5 Å². The SMILES string of the molecule is CN(C)c1cccc(C(=O)NCC[C@H]2CCCO2)c1. The van der Waals surface area contributed by atoms with Crippen molar-refractivity contribution in [1.82, 2.24) is 5.32 Å². The lowest BCUT2D eigenvalue weighted by Gasteiger charge is -2.14. The molecule has 2 rings (SSSR count). The third-order valence-electron chi connectivity index (χ3n) is 3.40. The molecule has 1 N–H and O–H groups in total. The normalized spacial score (nSPS) is 18.3. The average Bonchev–Trinajstić information content (AvgIpc) is 2.92. The minimum atomic E-state index is -0.0123. The summed E-state index contributed by atoms with van der Waals surface area (Å²) < 4.78 is 5.53. The van der Waals surface area contributed by atoms with Crippen LogP contribution in [0, 0.1) is 0 Å². The molecular formula is C15H22N2O2. The predicted molar refractivity (Wildman–Crippen MR) is 76.7 cm³/mol. The van der Waals surface area contributed by atoms with Crippen molar-refractivity contribution in [2.24, 2.45) is 0 Å². The maximum absolute atomic E-state index is 12.0. The fourth-order valence-corrected chi connectivity index (χ4v) is 2.25. The van der Waals surface area contributed by atoms with Crippen molar-refractivity contribution in [3.8, 4) is 0 Å². The Balaban J connectivity index is 1.83. The number of anilines is 1. The van der Waals surface area contributed by atoms with Gasteiger partial charge in [-0.05, 0) is 37.5 Å². The van der Waals surface area contributed by atoms with Crippen molar-refractivity contribution < 1.29 is 9.53 Å². The highest BCUT2D eigenvalue weighted by Gasteiger charge is 2.15. The number of carbonyl (C=O) groups excluding carboxylic acids is 1. The first kappa shape index (κ1) is 13.9. The monoisotopic (exact) mass is 262 g/mol. The summed E-state index contributed by atoms with van der Waals surface area (Å²) in [6.07, 6.45) is 3.49. The molecule has 1 amide bonds. The van der Waals surface area contributed by atoms with Crippen LogP contribution in [0.1, 0.15) is 29.6 Å². The number of hydrogen-bond donors (Lipinski definition) is 1. The maximum Gasteiger partial charge on any atom is 0.251 e. The number of benzene rings is 1. The largest absolute Gasteiger partial charge is 0.378 e. The Bertz CT molecular complexity index is 426. The number of nitrogens with one attached hydrogen (secondary N) is 1. The summed E-state index contributed by atoms with van der Waals surface area (Å²) in [5.74, 6) is -0.0123. The lowest BCUT2D eigenvalue weighted by molar-refractivity contribution is 0.0907. The number of ether oxygens (including phenoxy) is 1. The van der Waals surface area contributed by atoms with Gasteiger partial charge in [0.1, 0.15) is 0 Å². The van der Waals surface area contributed by atoms with Crippen molar-refractivity contribution >= 4 is 11.6 Å². The molecule has 1 saturated heterocycles. The Kier molecular flexibility index (Phi) is 4.80. The van der Waals surface area contributed by atoms with E-state index in [1.165, 1.54) is 0 Å². The van der Waals surface area contributed by atoms with E-state index < -0.39 is 0 Å². The van der Waals surface area contributed by atoms with E-state index in [2.05, 4.69) is 5.32 Å². The Hall–Kier alpha value is -1.55. The summed E-state index contributed by atoms with van der Waals surface area (Å²) in [6.45, 7) is 1.54. The minimum Gasteiger partial charge on any atom is -0.378 e. The number of nitrogens with zero attached hydrogens (tertiary/aromatic N) is 1. The van der Waals surface area contributed by atoms with Crippen LogP contribution in [-0.2, 0) is 4.74 Å². The molecule has 0 bridgehead atoms. The van der Waals surface area contributed by atoms with Crippen LogP contribution in [0.15, 0.2) is 24.3 Å². The van der Waals surface area contributed by atoms with Gasteiger partial charge in [-0.2, -0.15) is 0 Å². The summed E-state index contributed by atoms with van der Waals surface area (Å²) in [5.41, 5.74) is 1.74. The van der Waals surface area contributed by atoms with E-state index >= 15 is 0 Å². The van der Waals surface area contributed by atoms with Gasteiger partial charge in [-0.1, -0.05) is 6.07 Å². The van der Waals surface area contributed by atoms with Crippen LogP contribution in [-0.4, -0.2) is 39.3 Å². The molecule has 0 radical (unpaired) electrons. The number of rotatable bonds is 5. The fourth-order valence-electron chi connectivity index (χ4n) is 2.25. The molecular weight excluding hydrogens is 240 g/mol. The first-order valence-corrected chi connectivity index (χ1v) is 6.84. The molecule has 104 valence electrons. The highest BCUT2D eigenvalue weighted by molar-refractivity contribution is 5.95. The molecule has 4 nitrogen and oxygen atoms in total. The van der Waals surface area contributed by atoms with Gasteiger partial charge in [-0.3, -0.25) is 4.79 Å². The molecule has 19 heavy (non-hydrogen) atoms. The first-order valence-electron chi connectivity index (χ1n) is 6.84. The number of carbonyl (C=O) groups is 1. The van der Waals surface area contributed by atoms with Gasteiger partial charge in [0.05, 0.1) is 6.10 Å². The first-order chi connectivity index (χ1) is 9.16. The highest BCUT2D eigenvalue weighted by atomic mass is 16.5. The van der Waals surface area contributed by atoms with Crippen molar-refractivity contribution in [2.45, 2.75) is 25.4 Å². The van der Waals surface area contributed by atoms with Crippen molar-refractivity contribution in [3.63, 3.8) is 0 Å². The van der Waals surface area contributed by atoms with Gasteiger partial charge >= 0.3 is 0 Å². The molecule has 1 aromatic carbocycles. The Morgan fingerprint density at radius 3 is 3.00 bits per heavy atom. The summed E-state index contributed by atoms with van der Waals surface area (Å²) in [6, 6.07) is 7.64. The molecule has 1 aromatic rings. The van der Waals surface area contributed by atoms with Gasteiger partial charge < -0.3 is 15.0 Å². The van der Waals surface area contributed by atoms with Crippen LogP contribution in [0.2, 0.25) is 0 Å². The van der Waals surface area contributed by atoms with Gasteiger partial charge in [0.15, 0.2) is 0 Å². The molecule has 1 aliphatic heterocycles. The smallest absolute Gasteiger partial charge is 0.251 e. The molecule has 1 heterocycles. The second kappa shape index (κ2) is 6.57. The van der Waals surface area contributed by atoms with Gasteiger partial charge in [0.25, 0.3) is 5.91 Å². The molecule has 0 aliphatic carbocycles. The summed E-state index contributed by atoms with van der Waals surface area (Å²) in [5, 5.41) is 2.95. The van der Waals surface area contributed by atoms with E-state index in [1.54, 1.807) is 0 Å². The second-order valence-electron chi connectivity index (χ2n) is 5.12. The van der Waals surface area contributed by atoms with Crippen LogP contribution >= 0.6 is 0 Å². The summed E-state index contributed by atoms with van der Waals surface area (Å²) in [7, 11) is 3.93. The topological polar surface area (TPSA) is 41.6 Å². The molecule has 0 spiro atoms. The zero-order chi connectivity index (χ0) is 13.7. The fraction of sp³-hybridized carbons (Fsp3) is 0.533. The van der Waals surface area contributed by atoms with Gasteiger partial charge in [-0.25, -0.2) is 0 Å². The summed E-state index contributed by atoms with van der Waals surface area (Å²) >= 11 is 0. The number of hydrogen-bond acceptors (Lipinski definition) is 3. The molecule has 1 fully saturated rings. The lowest BCUT2D eigenvalue weighted by atomic mass is 10.1. The Morgan fingerprint density at radius 2 is 2.32 bits per heavy atom. The third-order valence-corrected chi connectivity index (χ3v) is 3.40. The molecule has 0 unspecified atom stereocenters. The standard InChI is InChI=1S/C15H22N2O2/c1-17(2)13-6-3-5-12(11-13)15(18)16-9-8-14-7-4-10-19-14/h3,5-6,11,14H,4,7-10H2,1-2H3,(H,16,18)/t14-/m1/s1. The third kappa shape index (κ3) is 3.96. The quantitative estimate of drug-likeness (QED) is 0.883. The van der Waals surface area contributed by atoms with Crippen LogP contribution in [0.25, 0.3) is 0 Å². The van der Waals surface area contributed by atoms with Crippen molar-refractivity contribution in [2.75, 3.05) is 32.1 Å². The van der Waals surface area contributed by atoms with Gasteiger partial charge in [0.2, 0.25) is 0 Å². The molecule has 0 aromatic heterocycles. The van der Waals surface area contributed by atoms with E-state index in [1.807, 2.05) is 43.3 Å². The van der Waals surface area contributed by atoms with Crippen LogP contribution in [0.4, 0.5) is 5.69 Å². The van der Waals surface area contributed by atoms with E-state index in [0.29, 0.717) is 18.2 Å². The summed E-state index contributed by atoms with van der Waals surface area (Å²) in [4.78, 5) is 14.0. The zero-order valence-electron chi connectivity index (χ0n) is 11.7. The second-order valence-corrected chi connectivity index (χ2v) is 5.12.